The van der Waals surface area contributed by atoms with Crippen LogP contribution in [0.4, 0.5) is 17.6 Å². The van der Waals surface area contributed by atoms with E-state index in [0.29, 0.717) is 22.4 Å². The van der Waals surface area contributed by atoms with Crippen LogP contribution in [0, 0.1) is 18.8 Å². The number of hydrogen-bond acceptors (Lipinski definition) is 3. The number of ketones is 1. The normalized spacial score (nSPS) is 13.1. The summed E-state index contributed by atoms with van der Waals surface area (Å²) >= 11 is 0. The van der Waals surface area contributed by atoms with Gasteiger partial charge in [0.25, 0.3) is 0 Å². The summed E-state index contributed by atoms with van der Waals surface area (Å²) in [5.41, 5.74) is 5.08. The Labute approximate surface area is 318 Å². The van der Waals surface area contributed by atoms with Gasteiger partial charge in [0.1, 0.15) is 0 Å². The van der Waals surface area contributed by atoms with Crippen molar-refractivity contribution >= 4 is 27.3 Å². The summed E-state index contributed by atoms with van der Waals surface area (Å²) in [6, 6.07) is 39.9. The van der Waals surface area contributed by atoms with Crippen LogP contribution < -0.4 is 0 Å². The molecule has 7 aromatic rings. The summed E-state index contributed by atoms with van der Waals surface area (Å²) in [5.74, 6) is -0.419. The predicted molar refractivity (Wildman–Crippen MR) is 198 cm³/mol. The first-order valence-electron chi connectivity index (χ1n) is 16.6. The molecule has 3 nitrogen and oxygen atoms in total. The molecule has 1 heterocycles. The molecule has 1 aliphatic rings. The predicted octanol–water partition coefficient (Wildman–Crippen LogP) is 11.7. The van der Waals surface area contributed by atoms with Crippen LogP contribution in [-0.4, -0.2) is 15.9 Å². The average Bonchev–Trinajstić information content (AvgIpc) is 3.39. The first-order valence-corrected chi connectivity index (χ1v) is 16.6. The molecule has 1 aromatic heterocycles. The van der Waals surface area contributed by atoms with E-state index >= 15 is 0 Å². The van der Waals surface area contributed by atoms with Gasteiger partial charge in [-0.25, -0.2) is 4.39 Å². The summed E-state index contributed by atoms with van der Waals surface area (Å²) in [6.07, 6.45) is -1.62. The number of aromatic nitrogens is 1. The SMILES string of the molecule is CC(=O)/C=C(/C)O.Cc1[c-]c(-c2nccc3c2ccc2cc4c(cc23)C(c2ccccc2)(c2ccccc2)c2cc(C(F)(F)F)ccc2-4)cc(F)c1.[Ir]. The van der Waals surface area contributed by atoms with Gasteiger partial charge in [-0.1, -0.05) is 85.8 Å². The number of pyridine rings is 1. The molecule has 0 bridgehead atoms. The third-order valence-electron chi connectivity index (χ3n) is 9.39. The Morgan fingerprint density at radius 2 is 1.40 bits per heavy atom. The minimum atomic E-state index is -4.50. The van der Waals surface area contributed by atoms with Gasteiger partial charge in [-0.2, -0.15) is 13.2 Å². The summed E-state index contributed by atoms with van der Waals surface area (Å²) in [5, 5.41) is 12.0. The minimum Gasteiger partial charge on any atom is -0.512 e. The van der Waals surface area contributed by atoms with Crippen molar-refractivity contribution in [2.24, 2.45) is 0 Å². The van der Waals surface area contributed by atoms with Crippen LogP contribution in [0.25, 0.3) is 43.9 Å². The zero-order valence-corrected chi connectivity index (χ0v) is 31.2. The van der Waals surface area contributed by atoms with Gasteiger partial charge in [-0.3, -0.25) is 4.79 Å². The molecule has 0 saturated carbocycles. The zero-order valence-electron chi connectivity index (χ0n) is 28.8. The molecule has 0 atom stereocenters. The molecule has 53 heavy (non-hydrogen) atoms. The Kier molecular flexibility index (Phi) is 10.2. The number of aliphatic hydroxyl groups excluding tert-OH is 1. The van der Waals surface area contributed by atoms with Gasteiger partial charge < -0.3 is 10.1 Å². The second kappa shape index (κ2) is 14.5. The summed E-state index contributed by atoms with van der Waals surface area (Å²) < 4.78 is 57.2. The zero-order chi connectivity index (χ0) is 36.8. The number of alkyl halides is 3. The van der Waals surface area contributed by atoms with Crippen molar-refractivity contribution in [1.82, 2.24) is 4.98 Å². The monoisotopic (exact) mass is 887 g/mol. The van der Waals surface area contributed by atoms with Crippen molar-refractivity contribution in [3.05, 3.63) is 185 Å². The van der Waals surface area contributed by atoms with Crippen LogP contribution in [0.3, 0.4) is 0 Å². The first kappa shape index (κ1) is 37.3. The quantitative estimate of drug-likeness (QED) is 0.0630. The summed E-state index contributed by atoms with van der Waals surface area (Å²) in [6.45, 7) is 4.64. The fourth-order valence-corrected chi connectivity index (χ4v) is 7.45. The molecule has 0 saturated heterocycles. The topological polar surface area (TPSA) is 50.2 Å². The molecule has 8 rings (SSSR count). The average molecular weight is 887 g/mol. The first-order chi connectivity index (χ1) is 24.9. The largest absolute Gasteiger partial charge is 0.512 e. The number of nitrogens with zero attached hydrogens (tertiary/aromatic N) is 1. The molecular weight excluding hydrogens is 855 g/mol. The van der Waals surface area contributed by atoms with Gasteiger partial charge in [0.05, 0.1) is 16.7 Å². The molecule has 8 heteroatoms. The number of allylic oxidation sites excluding steroid dienone is 2. The maximum Gasteiger partial charge on any atom is 0.416 e. The van der Waals surface area contributed by atoms with E-state index in [1.165, 1.54) is 44.2 Å². The van der Waals surface area contributed by atoms with Crippen molar-refractivity contribution < 1.29 is 47.6 Å². The number of hydrogen-bond donors (Lipinski definition) is 1. The van der Waals surface area contributed by atoms with Gasteiger partial charge in [0.15, 0.2) is 5.78 Å². The van der Waals surface area contributed by atoms with E-state index in [4.69, 9.17) is 5.11 Å². The smallest absolute Gasteiger partial charge is 0.416 e. The van der Waals surface area contributed by atoms with Crippen molar-refractivity contribution in [2.75, 3.05) is 0 Å². The molecule has 1 radical (unpaired) electrons. The van der Waals surface area contributed by atoms with Gasteiger partial charge in [0.2, 0.25) is 0 Å². The van der Waals surface area contributed by atoms with Crippen LogP contribution in [0.1, 0.15) is 47.2 Å². The molecule has 267 valence electrons. The Hall–Kier alpha value is -5.43. The fraction of sp³-hybridized carbons (Fsp3) is 0.111. The summed E-state index contributed by atoms with van der Waals surface area (Å²) in [4.78, 5) is 14.6. The molecule has 6 aromatic carbocycles. The minimum absolute atomic E-state index is 0. The molecule has 0 amide bonds. The van der Waals surface area contributed by atoms with Crippen molar-refractivity contribution in [3.63, 3.8) is 0 Å². The number of aryl methyl sites for hydroxylation is 1. The van der Waals surface area contributed by atoms with E-state index in [0.717, 1.165) is 49.4 Å². The van der Waals surface area contributed by atoms with Crippen LogP contribution >= 0.6 is 0 Å². The molecule has 1 N–H and O–H groups in total. The van der Waals surface area contributed by atoms with Gasteiger partial charge in [0, 0.05) is 38.2 Å². The Balaban J connectivity index is 0.000000549. The Morgan fingerprint density at radius 1 is 0.755 bits per heavy atom. The van der Waals surface area contributed by atoms with Crippen LogP contribution in [0.2, 0.25) is 0 Å². The van der Waals surface area contributed by atoms with Gasteiger partial charge in [-0.15, -0.1) is 29.3 Å². The molecule has 0 unspecified atom stereocenters. The number of halogens is 4. The Bertz CT molecular complexity index is 2470. The number of carbonyl (C=O) groups excluding carboxylic acids is 1. The molecular formula is C45H32F4IrNO2-. The number of carbonyl (C=O) groups is 1. The fourth-order valence-electron chi connectivity index (χ4n) is 7.45. The Morgan fingerprint density at radius 3 is 1.96 bits per heavy atom. The number of rotatable bonds is 4. The molecule has 0 fully saturated rings. The van der Waals surface area contributed by atoms with Gasteiger partial charge >= 0.3 is 6.18 Å². The van der Waals surface area contributed by atoms with E-state index in [2.05, 4.69) is 23.2 Å². The van der Waals surface area contributed by atoms with Crippen molar-refractivity contribution in [3.8, 4) is 22.4 Å². The van der Waals surface area contributed by atoms with E-state index in [1.807, 2.05) is 78.9 Å². The second-order valence-electron chi connectivity index (χ2n) is 13.0. The third kappa shape index (κ3) is 6.81. The standard InChI is InChI=1S/C40H24F4N.C5H8O2.Ir/c1-24-18-26(20-30(41)19-24)38-33-14-12-25-21-35-32-15-13-29(40(42,43)44)22-36(32)39(27-8-4-2-5-9-27,28-10-6-3-7-11-28)37(35)23-34(25)31(33)16-17-45-38;1-4(6)3-5(2)7;/h2-17,19-23H,1H3;3,6H,1-2H3;/q-1;;/b;4-3-;. The molecule has 0 aliphatic heterocycles. The van der Waals surface area contributed by atoms with E-state index in [1.54, 1.807) is 19.2 Å². The summed E-state index contributed by atoms with van der Waals surface area (Å²) in [7, 11) is 0. The number of benzene rings is 6. The van der Waals surface area contributed by atoms with Crippen molar-refractivity contribution in [2.45, 2.75) is 32.4 Å². The number of aliphatic hydroxyl groups is 1. The van der Waals surface area contributed by atoms with Crippen molar-refractivity contribution in [1.29, 1.82) is 0 Å². The van der Waals surface area contributed by atoms with E-state index in [9.17, 15) is 22.4 Å². The molecule has 0 spiro atoms. The molecule has 1 aliphatic carbocycles. The second-order valence-corrected chi connectivity index (χ2v) is 13.0. The van der Waals surface area contributed by atoms with E-state index < -0.39 is 17.2 Å². The van der Waals surface area contributed by atoms with Crippen LogP contribution in [0.5, 0.6) is 0 Å². The van der Waals surface area contributed by atoms with E-state index in [-0.39, 0.29) is 37.5 Å². The maximum atomic E-state index is 14.4. The number of fused-ring (bicyclic) bond motifs is 6. The maximum absolute atomic E-state index is 14.4. The van der Waals surface area contributed by atoms with Crippen LogP contribution in [-0.2, 0) is 36.5 Å². The third-order valence-corrected chi connectivity index (χ3v) is 9.39. The van der Waals surface area contributed by atoms with Crippen LogP contribution in [0.15, 0.2) is 139 Å². The van der Waals surface area contributed by atoms with Gasteiger partial charge in [-0.05, 0) is 105 Å².